The van der Waals surface area contributed by atoms with E-state index in [0.717, 1.165) is 12.8 Å². The third kappa shape index (κ3) is 4.82. The Kier molecular flexibility index (Phi) is 4.16. The Morgan fingerprint density at radius 2 is 2.00 bits per heavy atom. The molecule has 0 saturated carbocycles. The average molecular weight is 157 g/mol. The predicted molar refractivity (Wildman–Crippen MR) is 44.8 cm³/mol. The van der Waals surface area contributed by atoms with Gasteiger partial charge in [-0.1, -0.05) is 13.3 Å². The van der Waals surface area contributed by atoms with E-state index in [4.69, 9.17) is 4.74 Å². The van der Waals surface area contributed by atoms with E-state index in [1.807, 2.05) is 27.7 Å². The molecule has 0 fully saturated rings. The highest BCUT2D eigenvalue weighted by molar-refractivity contribution is 5.75. The summed E-state index contributed by atoms with van der Waals surface area (Å²) in [6.45, 7) is 9.15. The van der Waals surface area contributed by atoms with Crippen LogP contribution in [0.3, 0.4) is 0 Å². The quantitative estimate of drug-likeness (QED) is 0.465. The molecule has 0 aromatic carbocycles. The molecule has 0 rings (SSSR count). The van der Waals surface area contributed by atoms with Gasteiger partial charge in [-0.2, -0.15) is 0 Å². The van der Waals surface area contributed by atoms with Gasteiger partial charge in [-0.05, 0) is 27.2 Å². The summed E-state index contributed by atoms with van der Waals surface area (Å²) in [6, 6.07) is 0. The minimum absolute atomic E-state index is 0.161. The van der Waals surface area contributed by atoms with E-state index in [9.17, 15) is 4.79 Å². The third-order valence-electron chi connectivity index (χ3n) is 1.21. The fourth-order valence-electron chi connectivity index (χ4n) is 0.429. The lowest BCUT2D eigenvalue weighted by atomic mass is 9.97. The van der Waals surface area contributed by atoms with Gasteiger partial charge in [0.2, 0.25) is 0 Å². The molecule has 0 aliphatic heterocycles. The second-order valence-corrected chi connectivity index (χ2v) is 3.61. The molecule has 0 heterocycles. The van der Waals surface area contributed by atoms with E-state index in [1.54, 1.807) is 6.61 Å². The Bertz CT molecular complexity index is 122. The van der Waals surface area contributed by atoms with Crippen molar-refractivity contribution in [1.82, 2.24) is 0 Å². The number of hydrogen-bond acceptors (Lipinski definition) is 2. The molecule has 0 aliphatic rings. The van der Waals surface area contributed by atoms with Crippen molar-refractivity contribution >= 4 is 5.97 Å². The summed E-state index contributed by atoms with van der Waals surface area (Å²) in [6.07, 6.45) is 1.85. The van der Waals surface area contributed by atoms with Crippen molar-refractivity contribution in [2.75, 3.05) is 0 Å². The molecule has 2 nitrogen and oxygen atoms in total. The summed E-state index contributed by atoms with van der Waals surface area (Å²) in [5, 5.41) is 0. The Balaban J connectivity index is 3.54. The van der Waals surface area contributed by atoms with Gasteiger partial charge in [0.05, 0.1) is 5.41 Å². The zero-order valence-electron chi connectivity index (χ0n) is 7.81. The highest BCUT2D eigenvalue weighted by Crippen LogP contribution is 2.16. The molecule has 0 saturated heterocycles. The lowest BCUT2D eigenvalue weighted by Crippen LogP contribution is -2.21. The molecule has 2 heteroatoms. The van der Waals surface area contributed by atoms with E-state index in [-0.39, 0.29) is 11.4 Å². The van der Waals surface area contributed by atoms with E-state index < -0.39 is 0 Å². The molecule has 0 aliphatic carbocycles. The van der Waals surface area contributed by atoms with Crippen molar-refractivity contribution in [2.24, 2.45) is 5.41 Å². The smallest absolute Gasteiger partial charge is 0.311 e. The molecule has 0 aromatic rings. The van der Waals surface area contributed by atoms with E-state index in [0.29, 0.717) is 0 Å². The van der Waals surface area contributed by atoms with Gasteiger partial charge in [-0.25, -0.2) is 0 Å². The largest absolute Gasteiger partial charge is 0.458 e. The number of carbonyl (C=O) groups excluding carboxylic acids is 1. The molecular formula is C9H17O2. The Labute approximate surface area is 68.9 Å². The first kappa shape index (κ1) is 10.5. The van der Waals surface area contributed by atoms with Crippen LogP contribution in [0.15, 0.2) is 0 Å². The summed E-state index contributed by atoms with van der Waals surface area (Å²) in [5.41, 5.74) is -0.385. The molecule has 0 unspecified atom stereocenters. The maximum Gasteiger partial charge on any atom is 0.311 e. The molecule has 0 N–H and O–H groups in total. The fraction of sp³-hybridized carbons (Fsp3) is 0.778. The maximum absolute atomic E-state index is 11.1. The van der Waals surface area contributed by atoms with Gasteiger partial charge in [0.15, 0.2) is 0 Å². The second kappa shape index (κ2) is 4.37. The lowest BCUT2D eigenvalue weighted by Gasteiger charge is -2.15. The van der Waals surface area contributed by atoms with Crippen molar-refractivity contribution in [1.29, 1.82) is 0 Å². The zero-order chi connectivity index (χ0) is 8.91. The van der Waals surface area contributed by atoms with Crippen LogP contribution < -0.4 is 0 Å². The average Bonchev–Trinajstić information content (AvgIpc) is 1.86. The van der Waals surface area contributed by atoms with Crippen molar-refractivity contribution in [3.63, 3.8) is 0 Å². The fourth-order valence-corrected chi connectivity index (χ4v) is 0.429. The monoisotopic (exact) mass is 157 g/mol. The summed E-state index contributed by atoms with van der Waals surface area (Å²) in [4.78, 5) is 11.1. The first-order valence-electron chi connectivity index (χ1n) is 4.01. The van der Waals surface area contributed by atoms with Gasteiger partial charge in [-0.15, -0.1) is 0 Å². The van der Waals surface area contributed by atoms with E-state index >= 15 is 0 Å². The van der Waals surface area contributed by atoms with Gasteiger partial charge in [0.1, 0.15) is 6.61 Å². The van der Waals surface area contributed by atoms with Crippen LogP contribution in [0, 0.1) is 12.0 Å². The predicted octanol–water partition coefficient (Wildman–Crippen LogP) is 2.54. The van der Waals surface area contributed by atoms with Crippen molar-refractivity contribution in [3.05, 3.63) is 6.61 Å². The normalized spacial score (nSPS) is 11.3. The van der Waals surface area contributed by atoms with E-state index in [2.05, 4.69) is 0 Å². The van der Waals surface area contributed by atoms with Crippen LogP contribution in [0.5, 0.6) is 0 Å². The van der Waals surface area contributed by atoms with Gasteiger partial charge in [0, 0.05) is 0 Å². The number of rotatable bonds is 3. The Hall–Kier alpha value is -0.530. The number of unbranched alkanes of at least 4 members (excludes halogenated alkanes) is 1. The summed E-state index contributed by atoms with van der Waals surface area (Å²) in [7, 11) is 0. The van der Waals surface area contributed by atoms with Gasteiger partial charge >= 0.3 is 5.97 Å². The molecule has 0 bridgehead atoms. The topological polar surface area (TPSA) is 26.3 Å². The van der Waals surface area contributed by atoms with Gasteiger partial charge < -0.3 is 4.74 Å². The van der Waals surface area contributed by atoms with Crippen LogP contribution in [0.2, 0.25) is 0 Å². The number of esters is 1. The SMILES string of the molecule is CCC[CH]OC(=O)C(C)(C)C. The summed E-state index contributed by atoms with van der Waals surface area (Å²) >= 11 is 0. The highest BCUT2D eigenvalue weighted by atomic mass is 16.5. The summed E-state index contributed by atoms with van der Waals surface area (Å²) in [5.74, 6) is -0.161. The van der Waals surface area contributed by atoms with Gasteiger partial charge in [-0.3, -0.25) is 4.79 Å². The Morgan fingerprint density at radius 1 is 1.45 bits per heavy atom. The lowest BCUT2D eigenvalue weighted by molar-refractivity contribution is -0.149. The highest BCUT2D eigenvalue weighted by Gasteiger charge is 2.22. The second-order valence-electron chi connectivity index (χ2n) is 3.61. The first-order chi connectivity index (χ1) is 4.98. The molecule has 0 spiro atoms. The summed E-state index contributed by atoms with van der Waals surface area (Å²) < 4.78 is 4.88. The van der Waals surface area contributed by atoms with Crippen molar-refractivity contribution in [3.8, 4) is 0 Å². The molecular weight excluding hydrogens is 140 g/mol. The minimum Gasteiger partial charge on any atom is -0.458 e. The zero-order valence-corrected chi connectivity index (χ0v) is 7.81. The molecule has 0 aromatic heterocycles. The molecule has 65 valence electrons. The molecule has 11 heavy (non-hydrogen) atoms. The van der Waals surface area contributed by atoms with E-state index in [1.165, 1.54) is 0 Å². The Morgan fingerprint density at radius 3 is 2.36 bits per heavy atom. The molecule has 1 radical (unpaired) electrons. The van der Waals surface area contributed by atoms with Crippen LogP contribution in [0.25, 0.3) is 0 Å². The minimum atomic E-state index is -0.385. The standard InChI is InChI=1S/C9H17O2/c1-5-6-7-11-8(10)9(2,3)4/h7H,5-6H2,1-4H3. The number of hydrogen-bond donors (Lipinski definition) is 0. The maximum atomic E-state index is 11.1. The van der Waals surface area contributed by atoms with Crippen LogP contribution in [-0.2, 0) is 9.53 Å². The van der Waals surface area contributed by atoms with Gasteiger partial charge in [0.25, 0.3) is 0 Å². The number of ether oxygens (including phenoxy) is 1. The third-order valence-corrected chi connectivity index (χ3v) is 1.21. The van der Waals surface area contributed by atoms with Crippen molar-refractivity contribution in [2.45, 2.75) is 40.5 Å². The van der Waals surface area contributed by atoms with Crippen LogP contribution >= 0.6 is 0 Å². The number of carbonyl (C=O) groups is 1. The van der Waals surface area contributed by atoms with Crippen LogP contribution in [-0.4, -0.2) is 5.97 Å². The van der Waals surface area contributed by atoms with Crippen LogP contribution in [0.1, 0.15) is 40.5 Å². The molecule has 0 atom stereocenters. The van der Waals surface area contributed by atoms with Crippen molar-refractivity contribution < 1.29 is 9.53 Å². The van der Waals surface area contributed by atoms with Crippen LogP contribution in [0.4, 0.5) is 0 Å². The molecule has 0 amide bonds. The first-order valence-corrected chi connectivity index (χ1v) is 4.01.